The molecular weight excluding hydrogens is 268 g/mol. The predicted molar refractivity (Wildman–Crippen MR) is 75.9 cm³/mol. The number of ether oxygens (including phenoxy) is 1. The van der Waals surface area contributed by atoms with Gasteiger partial charge >= 0.3 is 0 Å². The summed E-state index contributed by atoms with van der Waals surface area (Å²) in [5, 5.41) is 3.14. The van der Waals surface area contributed by atoms with E-state index in [1.807, 2.05) is 6.20 Å². The molecule has 4 rings (SSSR count). The van der Waals surface area contributed by atoms with Crippen molar-refractivity contribution in [2.75, 3.05) is 6.61 Å². The summed E-state index contributed by atoms with van der Waals surface area (Å²) in [7, 11) is 0. The van der Waals surface area contributed by atoms with Crippen LogP contribution < -0.4 is 5.32 Å². The van der Waals surface area contributed by atoms with Crippen LogP contribution in [0.2, 0.25) is 0 Å². The zero-order valence-electron chi connectivity index (χ0n) is 12.1. The predicted octanol–water partition coefficient (Wildman–Crippen LogP) is 1.27. The Morgan fingerprint density at radius 2 is 2.14 bits per heavy atom. The monoisotopic (exact) mass is 286 g/mol. The maximum absolute atomic E-state index is 12.6. The van der Waals surface area contributed by atoms with E-state index in [9.17, 15) is 4.79 Å². The third-order valence-corrected chi connectivity index (χ3v) is 4.91. The minimum absolute atomic E-state index is 0.0304. The second-order valence-electron chi connectivity index (χ2n) is 6.45. The van der Waals surface area contributed by atoms with Gasteiger partial charge in [0.2, 0.25) is 0 Å². The van der Waals surface area contributed by atoms with E-state index in [2.05, 4.69) is 29.1 Å². The van der Waals surface area contributed by atoms with Crippen molar-refractivity contribution in [3.05, 3.63) is 30.5 Å². The highest BCUT2D eigenvalue weighted by Crippen LogP contribution is 2.52. The normalized spacial score (nSPS) is 29.9. The summed E-state index contributed by atoms with van der Waals surface area (Å²) < 4.78 is 7.56. The van der Waals surface area contributed by atoms with E-state index in [1.54, 1.807) is 23.0 Å². The number of nitrogens with zero attached hydrogens (tertiary/aromatic N) is 3. The van der Waals surface area contributed by atoms with Crippen LogP contribution in [0.25, 0.3) is 5.65 Å². The van der Waals surface area contributed by atoms with Crippen molar-refractivity contribution >= 4 is 11.6 Å². The van der Waals surface area contributed by atoms with Gasteiger partial charge in [0.15, 0.2) is 11.3 Å². The second kappa shape index (κ2) is 4.27. The number of hydrogen-bond donors (Lipinski definition) is 1. The van der Waals surface area contributed by atoms with Crippen LogP contribution >= 0.6 is 0 Å². The molecule has 3 heterocycles. The smallest absolute Gasteiger partial charge is 0.274 e. The fourth-order valence-corrected chi connectivity index (χ4v) is 3.84. The Labute approximate surface area is 122 Å². The largest absolute Gasteiger partial charge is 0.377 e. The highest BCUT2D eigenvalue weighted by Gasteiger charge is 2.59. The van der Waals surface area contributed by atoms with Gasteiger partial charge in [-0.3, -0.25) is 4.79 Å². The van der Waals surface area contributed by atoms with Crippen LogP contribution in [0.15, 0.2) is 24.8 Å². The molecule has 0 unspecified atom stereocenters. The van der Waals surface area contributed by atoms with Crippen molar-refractivity contribution in [2.24, 2.45) is 11.3 Å². The number of nitrogens with one attached hydrogen (secondary N) is 1. The lowest BCUT2D eigenvalue weighted by Gasteiger charge is -2.54. The summed E-state index contributed by atoms with van der Waals surface area (Å²) in [6.07, 6.45) is 8.16. The number of carbonyl (C=O) groups is 1. The van der Waals surface area contributed by atoms with Crippen LogP contribution in [0.5, 0.6) is 0 Å². The zero-order valence-corrected chi connectivity index (χ0v) is 12.1. The summed E-state index contributed by atoms with van der Waals surface area (Å²) >= 11 is 0. The Morgan fingerprint density at radius 1 is 1.38 bits per heavy atom. The van der Waals surface area contributed by atoms with E-state index < -0.39 is 0 Å². The van der Waals surface area contributed by atoms with Gasteiger partial charge in [0.25, 0.3) is 5.91 Å². The molecule has 110 valence electrons. The topological polar surface area (TPSA) is 68.5 Å². The number of aromatic nitrogens is 3. The average Bonchev–Trinajstić information content (AvgIpc) is 3.11. The van der Waals surface area contributed by atoms with Crippen molar-refractivity contribution in [2.45, 2.75) is 32.4 Å². The Kier molecular flexibility index (Phi) is 2.60. The van der Waals surface area contributed by atoms with E-state index >= 15 is 0 Å². The van der Waals surface area contributed by atoms with Gasteiger partial charge in [-0.05, 0) is 6.42 Å². The van der Waals surface area contributed by atoms with Gasteiger partial charge in [0.05, 0.1) is 6.10 Å². The number of amides is 1. The molecule has 6 heteroatoms. The number of hydrogen-bond acceptors (Lipinski definition) is 4. The van der Waals surface area contributed by atoms with E-state index in [4.69, 9.17) is 4.74 Å². The van der Waals surface area contributed by atoms with E-state index in [1.165, 1.54) is 0 Å². The van der Waals surface area contributed by atoms with Crippen LogP contribution in [-0.4, -0.2) is 39.0 Å². The van der Waals surface area contributed by atoms with Crippen molar-refractivity contribution in [1.82, 2.24) is 19.7 Å². The van der Waals surface area contributed by atoms with E-state index in [-0.39, 0.29) is 23.5 Å². The quantitative estimate of drug-likeness (QED) is 0.903. The fraction of sp³-hybridized carbons (Fsp3) is 0.533. The Morgan fingerprint density at radius 3 is 2.95 bits per heavy atom. The van der Waals surface area contributed by atoms with Gasteiger partial charge in [-0.15, -0.1) is 0 Å². The molecule has 1 saturated carbocycles. The maximum atomic E-state index is 12.6. The number of rotatable bonds is 2. The molecule has 3 atom stereocenters. The second-order valence-corrected chi connectivity index (χ2v) is 6.45. The lowest BCUT2D eigenvalue weighted by molar-refractivity contribution is -0.108. The Balaban J connectivity index is 1.60. The molecule has 1 aliphatic carbocycles. The molecule has 2 fully saturated rings. The van der Waals surface area contributed by atoms with Crippen LogP contribution in [0.4, 0.5) is 0 Å². The van der Waals surface area contributed by atoms with E-state index in [0.717, 1.165) is 13.0 Å². The van der Waals surface area contributed by atoms with Gasteiger partial charge in [-0.2, -0.15) is 0 Å². The lowest BCUT2D eigenvalue weighted by Crippen LogP contribution is -2.66. The Hall–Kier alpha value is -1.95. The average molecular weight is 286 g/mol. The highest BCUT2D eigenvalue weighted by molar-refractivity contribution is 5.98. The maximum Gasteiger partial charge on any atom is 0.274 e. The van der Waals surface area contributed by atoms with Crippen LogP contribution in [0, 0.1) is 11.3 Å². The van der Waals surface area contributed by atoms with Gasteiger partial charge in [0.1, 0.15) is 0 Å². The molecule has 2 aromatic rings. The highest BCUT2D eigenvalue weighted by atomic mass is 16.5. The first kappa shape index (κ1) is 12.8. The first-order valence-corrected chi connectivity index (χ1v) is 7.29. The summed E-state index contributed by atoms with van der Waals surface area (Å²) in [4.78, 5) is 21.0. The van der Waals surface area contributed by atoms with Crippen molar-refractivity contribution < 1.29 is 9.53 Å². The third kappa shape index (κ3) is 1.72. The summed E-state index contributed by atoms with van der Waals surface area (Å²) in [5.74, 6) is 0.263. The lowest BCUT2D eigenvalue weighted by atomic mass is 9.57. The van der Waals surface area contributed by atoms with Crippen LogP contribution in [-0.2, 0) is 4.74 Å². The molecule has 2 aromatic heterocycles. The standard InChI is InChI=1S/C15H18N4O2/c1-15(2)11(9-3-8-21-12(9)15)18-14(20)10-13-17-5-7-19(13)6-4-16-10/h4-7,9,11-12H,3,8H2,1-2H3,(H,18,20)/t9-,11-,12-/m1/s1. The van der Waals surface area contributed by atoms with Gasteiger partial charge in [0, 0.05) is 48.8 Å². The molecule has 0 spiro atoms. The summed E-state index contributed by atoms with van der Waals surface area (Å²) in [6, 6.07) is 0.134. The molecule has 21 heavy (non-hydrogen) atoms. The first-order chi connectivity index (χ1) is 10.1. The molecular formula is C15H18N4O2. The number of fused-ring (bicyclic) bond motifs is 2. The third-order valence-electron chi connectivity index (χ3n) is 4.91. The summed E-state index contributed by atoms with van der Waals surface area (Å²) in [5.41, 5.74) is 0.934. The first-order valence-electron chi connectivity index (χ1n) is 7.29. The molecule has 0 aromatic carbocycles. The molecule has 1 aliphatic heterocycles. The fourth-order valence-electron chi connectivity index (χ4n) is 3.84. The van der Waals surface area contributed by atoms with Gasteiger partial charge < -0.3 is 14.5 Å². The molecule has 1 amide bonds. The molecule has 1 N–H and O–H groups in total. The number of carbonyl (C=O) groups excluding carboxylic acids is 1. The van der Waals surface area contributed by atoms with Crippen molar-refractivity contribution in [3.8, 4) is 0 Å². The van der Waals surface area contributed by atoms with Gasteiger partial charge in [-0.1, -0.05) is 13.8 Å². The SMILES string of the molecule is CC1(C)[C@H](NC(=O)c2nccn3ccnc23)[C@H]2CCO[C@H]21. The minimum Gasteiger partial charge on any atom is -0.377 e. The van der Waals surface area contributed by atoms with Crippen molar-refractivity contribution in [1.29, 1.82) is 0 Å². The molecule has 6 nitrogen and oxygen atoms in total. The van der Waals surface area contributed by atoms with Crippen LogP contribution in [0.1, 0.15) is 30.8 Å². The van der Waals surface area contributed by atoms with Gasteiger partial charge in [-0.25, -0.2) is 9.97 Å². The zero-order chi connectivity index (χ0) is 14.6. The Bertz CT molecular complexity index is 709. The molecule has 0 bridgehead atoms. The molecule has 2 aliphatic rings. The number of imidazole rings is 1. The summed E-state index contributed by atoms with van der Waals surface area (Å²) in [6.45, 7) is 5.08. The van der Waals surface area contributed by atoms with Crippen LogP contribution in [0.3, 0.4) is 0 Å². The minimum atomic E-state index is -0.157. The van der Waals surface area contributed by atoms with Crippen molar-refractivity contribution in [3.63, 3.8) is 0 Å². The molecule has 1 saturated heterocycles. The van der Waals surface area contributed by atoms with E-state index in [0.29, 0.717) is 17.3 Å². The molecule has 0 radical (unpaired) electrons.